The molecule has 1 heterocycles. The summed E-state index contributed by atoms with van der Waals surface area (Å²) in [6.07, 6.45) is 1.43. The van der Waals surface area contributed by atoms with Crippen LogP contribution in [0.3, 0.4) is 0 Å². The van der Waals surface area contributed by atoms with Gasteiger partial charge in [-0.25, -0.2) is 4.98 Å². The summed E-state index contributed by atoms with van der Waals surface area (Å²) in [5.41, 5.74) is 0.802. The molecule has 1 aromatic rings. The van der Waals surface area contributed by atoms with Crippen LogP contribution in [0.15, 0.2) is 12.3 Å². The Hall–Kier alpha value is -0.420. The number of hydrogen-bond acceptors (Lipinski definition) is 2. The topological polar surface area (TPSA) is 22.1 Å². The molecule has 0 radical (unpaired) electrons. The van der Waals surface area contributed by atoms with E-state index in [2.05, 4.69) is 25.7 Å². The summed E-state index contributed by atoms with van der Waals surface area (Å²) < 4.78 is 27.7. The first kappa shape index (κ1) is 11.7. The minimum Gasteiger partial charge on any atom is -0.415 e. The van der Waals surface area contributed by atoms with Gasteiger partial charge in [0.05, 0.1) is 0 Å². The third-order valence-electron chi connectivity index (χ3n) is 1.49. The molecule has 6 heteroatoms. The zero-order valence-electron chi connectivity index (χ0n) is 7.18. The summed E-state index contributed by atoms with van der Waals surface area (Å²) >= 11 is 8.98. The van der Waals surface area contributed by atoms with E-state index in [-0.39, 0.29) is 15.7 Å². The van der Waals surface area contributed by atoms with E-state index in [4.69, 9.17) is 11.6 Å². The third kappa shape index (κ3) is 3.06. The molecule has 0 aliphatic heterocycles. The van der Waals surface area contributed by atoms with Crippen LogP contribution in [0, 0.1) is 0 Å². The number of pyridine rings is 1. The fourth-order valence-electron chi connectivity index (χ4n) is 0.829. The second kappa shape index (κ2) is 4.89. The first-order chi connectivity index (χ1) is 6.50. The monoisotopic (exact) mass is 285 g/mol. The van der Waals surface area contributed by atoms with Gasteiger partial charge in [-0.1, -0.05) is 27.5 Å². The molecule has 0 aromatic carbocycles. The van der Waals surface area contributed by atoms with E-state index < -0.39 is 6.61 Å². The number of ether oxygens (including phenoxy) is 1. The summed E-state index contributed by atoms with van der Waals surface area (Å²) in [6, 6.07) is 1.53. The van der Waals surface area contributed by atoms with Gasteiger partial charge in [0.2, 0.25) is 5.88 Å². The molecule has 0 fully saturated rings. The predicted molar refractivity (Wildman–Crippen MR) is 53.2 cm³/mol. The average Bonchev–Trinajstić information content (AvgIpc) is 2.07. The molecule has 0 saturated heterocycles. The summed E-state index contributed by atoms with van der Waals surface area (Å²) in [5, 5.41) is 0.0779. The molecule has 2 nitrogen and oxygen atoms in total. The number of hydrogen-bond donors (Lipinski definition) is 0. The van der Waals surface area contributed by atoms with E-state index in [0.29, 0.717) is 0 Å². The van der Waals surface area contributed by atoms with Crippen LogP contribution in [0.4, 0.5) is 8.78 Å². The van der Waals surface area contributed by atoms with Crippen molar-refractivity contribution in [2.24, 2.45) is 0 Å². The molecule has 1 atom stereocenters. The Bertz CT molecular complexity index is 322. The van der Waals surface area contributed by atoms with Crippen LogP contribution in [-0.2, 0) is 0 Å². The van der Waals surface area contributed by atoms with Crippen LogP contribution in [0.1, 0.15) is 17.3 Å². The Morgan fingerprint density at radius 2 is 2.21 bits per heavy atom. The molecule has 0 aliphatic rings. The van der Waals surface area contributed by atoms with Crippen LogP contribution in [-0.4, -0.2) is 11.6 Å². The lowest BCUT2D eigenvalue weighted by Crippen LogP contribution is -2.04. The quantitative estimate of drug-likeness (QED) is 0.789. The molecule has 1 aromatic heterocycles. The van der Waals surface area contributed by atoms with Gasteiger partial charge >= 0.3 is 6.61 Å². The van der Waals surface area contributed by atoms with Gasteiger partial charge in [0.15, 0.2) is 0 Å². The number of rotatable bonds is 3. The van der Waals surface area contributed by atoms with Gasteiger partial charge in [0, 0.05) is 11.0 Å². The highest BCUT2D eigenvalue weighted by Gasteiger charge is 2.11. The molecular formula is C8H7BrClF2NO. The molecule has 0 N–H and O–H groups in total. The maximum Gasteiger partial charge on any atom is 0.388 e. The fraction of sp³-hybridized carbons (Fsp3) is 0.375. The van der Waals surface area contributed by atoms with Crippen molar-refractivity contribution in [3.8, 4) is 5.88 Å². The van der Waals surface area contributed by atoms with Gasteiger partial charge in [-0.15, -0.1) is 0 Å². The van der Waals surface area contributed by atoms with Crippen molar-refractivity contribution in [3.05, 3.63) is 22.8 Å². The number of aromatic nitrogens is 1. The van der Waals surface area contributed by atoms with Crippen molar-refractivity contribution < 1.29 is 13.5 Å². The largest absolute Gasteiger partial charge is 0.415 e. The molecule has 78 valence electrons. The average molecular weight is 287 g/mol. The van der Waals surface area contributed by atoms with Crippen molar-refractivity contribution >= 4 is 27.5 Å². The van der Waals surface area contributed by atoms with Crippen molar-refractivity contribution in [2.45, 2.75) is 18.4 Å². The lowest BCUT2D eigenvalue weighted by molar-refractivity contribution is -0.0528. The Labute approximate surface area is 93.4 Å². The van der Waals surface area contributed by atoms with E-state index >= 15 is 0 Å². The first-order valence-corrected chi connectivity index (χ1v) is 5.04. The zero-order valence-corrected chi connectivity index (χ0v) is 9.52. The second-order valence-electron chi connectivity index (χ2n) is 2.55. The Morgan fingerprint density at radius 3 is 2.64 bits per heavy atom. The molecule has 0 amide bonds. The Balaban J connectivity index is 2.90. The molecule has 14 heavy (non-hydrogen) atoms. The SMILES string of the molecule is CC(Br)c1cnc(OC(F)F)c(Cl)c1. The van der Waals surface area contributed by atoms with Gasteiger partial charge in [0.1, 0.15) is 5.02 Å². The highest BCUT2D eigenvalue weighted by Crippen LogP contribution is 2.29. The maximum absolute atomic E-state index is 11.8. The van der Waals surface area contributed by atoms with Crippen LogP contribution in [0.5, 0.6) is 5.88 Å². The summed E-state index contributed by atoms with van der Waals surface area (Å²) in [6.45, 7) is -1.03. The van der Waals surface area contributed by atoms with Crippen molar-refractivity contribution in [2.75, 3.05) is 0 Å². The van der Waals surface area contributed by atoms with Gasteiger partial charge < -0.3 is 4.74 Å². The standard InChI is InChI=1S/C8H7BrClF2NO/c1-4(9)5-2-6(10)7(13-3-5)14-8(11)12/h2-4,8H,1H3. The minimum absolute atomic E-state index is 0.0631. The van der Waals surface area contributed by atoms with E-state index in [1.165, 1.54) is 12.3 Å². The lowest BCUT2D eigenvalue weighted by Gasteiger charge is -2.08. The van der Waals surface area contributed by atoms with Gasteiger partial charge in [-0.3, -0.25) is 0 Å². The number of halogens is 4. The van der Waals surface area contributed by atoms with E-state index in [1.54, 1.807) is 0 Å². The van der Waals surface area contributed by atoms with Crippen LogP contribution in [0.2, 0.25) is 5.02 Å². The Morgan fingerprint density at radius 1 is 1.57 bits per heavy atom. The minimum atomic E-state index is -2.91. The highest BCUT2D eigenvalue weighted by atomic mass is 79.9. The molecule has 1 rings (SSSR count). The molecule has 0 bridgehead atoms. The van der Waals surface area contributed by atoms with Crippen LogP contribution < -0.4 is 4.74 Å². The van der Waals surface area contributed by atoms with E-state index in [1.807, 2.05) is 6.92 Å². The van der Waals surface area contributed by atoms with Crippen molar-refractivity contribution in [3.63, 3.8) is 0 Å². The smallest absolute Gasteiger partial charge is 0.388 e. The van der Waals surface area contributed by atoms with E-state index in [9.17, 15) is 8.78 Å². The second-order valence-corrected chi connectivity index (χ2v) is 4.33. The number of nitrogens with zero attached hydrogens (tertiary/aromatic N) is 1. The van der Waals surface area contributed by atoms with Gasteiger partial charge in [-0.05, 0) is 18.6 Å². The Kier molecular flexibility index (Phi) is 4.07. The van der Waals surface area contributed by atoms with E-state index in [0.717, 1.165) is 5.56 Å². The predicted octanol–water partition coefficient (Wildman–Crippen LogP) is 3.79. The zero-order chi connectivity index (χ0) is 10.7. The molecule has 0 aliphatic carbocycles. The summed E-state index contributed by atoms with van der Waals surface area (Å²) in [7, 11) is 0. The van der Waals surface area contributed by atoms with Crippen molar-refractivity contribution in [1.29, 1.82) is 0 Å². The highest BCUT2D eigenvalue weighted by molar-refractivity contribution is 9.09. The van der Waals surface area contributed by atoms with Crippen molar-refractivity contribution in [1.82, 2.24) is 4.98 Å². The molecule has 0 saturated carbocycles. The number of alkyl halides is 3. The normalized spacial score (nSPS) is 13.0. The van der Waals surface area contributed by atoms with Crippen LogP contribution >= 0.6 is 27.5 Å². The summed E-state index contributed by atoms with van der Waals surface area (Å²) in [5.74, 6) is -0.251. The third-order valence-corrected chi connectivity index (χ3v) is 2.29. The lowest BCUT2D eigenvalue weighted by atomic mass is 10.2. The summed E-state index contributed by atoms with van der Waals surface area (Å²) in [4.78, 5) is 3.74. The molecule has 0 spiro atoms. The van der Waals surface area contributed by atoms with Gasteiger partial charge in [-0.2, -0.15) is 8.78 Å². The first-order valence-electron chi connectivity index (χ1n) is 3.75. The maximum atomic E-state index is 11.8. The molecule has 1 unspecified atom stereocenters. The molecular weight excluding hydrogens is 279 g/mol. The van der Waals surface area contributed by atoms with Crippen LogP contribution in [0.25, 0.3) is 0 Å². The van der Waals surface area contributed by atoms with Gasteiger partial charge in [0.25, 0.3) is 0 Å². The fourth-order valence-corrected chi connectivity index (χ4v) is 1.30.